The monoisotopic (exact) mass is 317 g/mol. The van der Waals surface area contributed by atoms with Gasteiger partial charge in [-0.3, -0.25) is 0 Å². The lowest BCUT2D eigenvalue weighted by Gasteiger charge is -2.14. The van der Waals surface area contributed by atoms with Crippen molar-refractivity contribution in [3.63, 3.8) is 0 Å². The summed E-state index contributed by atoms with van der Waals surface area (Å²) in [6.45, 7) is 2.11. The summed E-state index contributed by atoms with van der Waals surface area (Å²) in [5.74, 6) is 1.29. The Hall–Kier alpha value is -2.37. The van der Waals surface area contributed by atoms with Crippen LogP contribution in [0.4, 0.5) is 9.18 Å². The molecule has 1 aliphatic rings. The fourth-order valence-corrected chi connectivity index (χ4v) is 2.42. The van der Waals surface area contributed by atoms with Gasteiger partial charge in [0.1, 0.15) is 17.3 Å². The number of rotatable bonds is 6. The Bertz CT molecular complexity index is 682. The zero-order chi connectivity index (χ0) is 16.2. The van der Waals surface area contributed by atoms with Gasteiger partial charge >= 0.3 is 6.03 Å². The van der Waals surface area contributed by atoms with Crippen LogP contribution in [-0.2, 0) is 13.0 Å². The summed E-state index contributed by atoms with van der Waals surface area (Å²) in [5.41, 5.74) is 1.42. The molecule has 23 heavy (non-hydrogen) atoms. The third kappa shape index (κ3) is 4.55. The molecule has 122 valence electrons. The number of carbonyl (C=O) groups is 1. The van der Waals surface area contributed by atoms with Gasteiger partial charge in [0, 0.05) is 12.5 Å². The summed E-state index contributed by atoms with van der Waals surface area (Å²) in [7, 11) is 0. The van der Waals surface area contributed by atoms with Gasteiger partial charge in [-0.25, -0.2) is 9.18 Å². The summed E-state index contributed by atoms with van der Waals surface area (Å²) >= 11 is 0. The normalized spacial score (nSPS) is 15.2. The quantitative estimate of drug-likeness (QED) is 0.859. The predicted molar refractivity (Wildman–Crippen MR) is 83.1 cm³/mol. The number of urea groups is 1. The maximum atomic E-state index is 13.2. The summed E-state index contributed by atoms with van der Waals surface area (Å²) < 4.78 is 18.4. The Morgan fingerprint density at radius 2 is 2.26 bits per heavy atom. The molecule has 6 heteroatoms. The van der Waals surface area contributed by atoms with Crippen molar-refractivity contribution in [2.45, 2.75) is 38.8 Å². The van der Waals surface area contributed by atoms with Crippen LogP contribution in [0.5, 0.6) is 0 Å². The van der Waals surface area contributed by atoms with Crippen LogP contribution in [0.3, 0.4) is 0 Å². The highest BCUT2D eigenvalue weighted by Crippen LogP contribution is 2.32. The van der Waals surface area contributed by atoms with Gasteiger partial charge in [-0.2, -0.15) is 0 Å². The zero-order valence-electron chi connectivity index (χ0n) is 13.0. The Morgan fingerprint density at radius 1 is 1.43 bits per heavy atom. The Labute approximate surface area is 134 Å². The molecule has 0 unspecified atom stereocenters. The molecule has 0 aliphatic heterocycles. The van der Waals surface area contributed by atoms with E-state index in [-0.39, 0.29) is 17.9 Å². The number of amides is 2. The summed E-state index contributed by atoms with van der Waals surface area (Å²) in [6, 6.07) is 7.45. The number of nitrogens with one attached hydrogen (secondary N) is 2. The van der Waals surface area contributed by atoms with Crippen LogP contribution in [0, 0.1) is 11.7 Å². The Morgan fingerprint density at radius 3 is 3.00 bits per heavy atom. The van der Waals surface area contributed by atoms with Crippen molar-refractivity contribution in [1.82, 2.24) is 15.8 Å². The Kier molecular flexibility index (Phi) is 4.60. The van der Waals surface area contributed by atoms with E-state index in [0.29, 0.717) is 17.8 Å². The van der Waals surface area contributed by atoms with Crippen molar-refractivity contribution in [2.75, 3.05) is 0 Å². The van der Waals surface area contributed by atoms with Crippen molar-refractivity contribution in [1.29, 1.82) is 0 Å². The van der Waals surface area contributed by atoms with E-state index in [2.05, 4.69) is 15.8 Å². The molecular weight excluding hydrogens is 297 g/mol. The van der Waals surface area contributed by atoms with Gasteiger partial charge in [0.25, 0.3) is 0 Å². The number of nitrogens with zero attached hydrogens (tertiary/aromatic N) is 1. The molecule has 1 aliphatic carbocycles. The minimum atomic E-state index is -0.325. The number of halogens is 1. The average Bonchev–Trinajstić information content (AvgIpc) is 3.22. The molecule has 1 fully saturated rings. The molecule has 1 saturated carbocycles. The highest BCUT2D eigenvalue weighted by Gasteiger charge is 2.23. The molecule has 0 bridgehead atoms. The first-order chi connectivity index (χ1) is 11.1. The van der Waals surface area contributed by atoms with E-state index in [1.165, 1.54) is 25.0 Å². The van der Waals surface area contributed by atoms with Crippen LogP contribution in [0.25, 0.3) is 0 Å². The summed E-state index contributed by atoms with van der Waals surface area (Å²) in [4.78, 5) is 11.9. The lowest BCUT2D eigenvalue weighted by atomic mass is 10.1. The lowest BCUT2D eigenvalue weighted by Crippen LogP contribution is -2.36. The molecule has 2 N–H and O–H groups in total. The third-order valence-electron chi connectivity index (χ3n) is 3.92. The summed E-state index contributed by atoms with van der Waals surface area (Å²) in [6.07, 6.45) is 3.44. The van der Waals surface area contributed by atoms with Crippen LogP contribution < -0.4 is 10.6 Å². The fourth-order valence-electron chi connectivity index (χ4n) is 2.42. The molecule has 1 heterocycles. The first-order valence-corrected chi connectivity index (χ1v) is 7.84. The van der Waals surface area contributed by atoms with Crippen molar-refractivity contribution in [2.24, 2.45) is 5.92 Å². The molecule has 0 radical (unpaired) electrons. The minimum Gasteiger partial charge on any atom is -0.361 e. The van der Waals surface area contributed by atoms with Crippen LogP contribution in [0.2, 0.25) is 0 Å². The number of hydrogen-bond donors (Lipinski definition) is 2. The molecule has 1 aromatic heterocycles. The molecule has 2 aromatic rings. The van der Waals surface area contributed by atoms with Crippen molar-refractivity contribution < 1.29 is 13.7 Å². The van der Waals surface area contributed by atoms with Crippen LogP contribution in [0.1, 0.15) is 42.8 Å². The lowest BCUT2D eigenvalue weighted by molar-refractivity contribution is 0.237. The van der Waals surface area contributed by atoms with Gasteiger partial charge in [0.2, 0.25) is 0 Å². The van der Waals surface area contributed by atoms with Gasteiger partial charge in [-0.1, -0.05) is 17.3 Å². The first kappa shape index (κ1) is 15.5. The van der Waals surface area contributed by atoms with E-state index in [1.54, 1.807) is 19.1 Å². The molecule has 0 spiro atoms. The van der Waals surface area contributed by atoms with Crippen LogP contribution in [-0.4, -0.2) is 11.2 Å². The topological polar surface area (TPSA) is 67.2 Å². The standard InChI is InChI=1S/C17H20FN3O2/c1-11(13-3-2-4-14(18)8-13)20-17(22)19-10-15-9-16(23-21-15)7-12-5-6-12/h2-4,8-9,11-12H,5-7,10H2,1H3,(H2,19,20,22)/t11-/m0/s1. The number of carbonyl (C=O) groups excluding carboxylic acids is 1. The predicted octanol–water partition coefficient (Wildman–Crippen LogP) is 3.33. The molecular formula is C17H20FN3O2. The zero-order valence-corrected chi connectivity index (χ0v) is 13.0. The van der Waals surface area contributed by atoms with Gasteiger partial charge in [-0.15, -0.1) is 0 Å². The van der Waals surface area contributed by atoms with E-state index in [9.17, 15) is 9.18 Å². The van der Waals surface area contributed by atoms with E-state index in [1.807, 2.05) is 6.07 Å². The van der Waals surface area contributed by atoms with Gasteiger partial charge in [-0.05, 0) is 43.4 Å². The smallest absolute Gasteiger partial charge is 0.315 e. The van der Waals surface area contributed by atoms with Crippen LogP contribution >= 0.6 is 0 Å². The summed E-state index contributed by atoms with van der Waals surface area (Å²) in [5, 5.41) is 9.45. The molecule has 3 rings (SSSR count). The highest BCUT2D eigenvalue weighted by atomic mass is 19.1. The first-order valence-electron chi connectivity index (χ1n) is 7.84. The number of hydrogen-bond acceptors (Lipinski definition) is 3. The second kappa shape index (κ2) is 6.81. The molecule has 1 aromatic carbocycles. The van der Waals surface area contributed by atoms with Crippen molar-refractivity contribution in [3.05, 3.63) is 53.2 Å². The third-order valence-corrected chi connectivity index (χ3v) is 3.92. The van der Waals surface area contributed by atoms with Crippen LogP contribution in [0.15, 0.2) is 34.9 Å². The number of benzene rings is 1. The maximum absolute atomic E-state index is 13.2. The molecule has 5 nitrogen and oxygen atoms in total. The molecule has 2 amide bonds. The van der Waals surface area contributed by atoms with Crippen molar-refractivity contribution >= 4 is 6.03 Å². The van der Waals surface area contributed by atoms with Crippen molar-refractivity contribution in [3.8, 4) is 0 Å². The maximum Gasteiger partial charge on any atom is 0.315 e. The van der Waals surface area contributed by atoms with E-state index in [4.69, 9.17) is 4.52 Å². The Balaban J connectivity index is 1.46. The van der Waals surface area contributed by atoms with E-state index < -0.39 is 0 Å². The molecule has 1 atom stereocenters. The largest absolute Gasteiger partial charge is 0.361 e. The van der Waals surface area contributed by atoms with E-state index >= 15 is 0 Å². The fraction of sp³-hybridized carbons (Fsp3) is 0.412. The second-order valence-electron chi connectivity index (χ2n) is 6.04. The van der Waals surface area contributed by atoms with Gasteiger partial charge in [0.15, 0.2) is 0 Å². The molecule has 0 saturated heterocycles. The van der Waals surface area contributed by atoms with Gasteiger partial charge < -0.3 is 15.2 Å². The minimum absolute atomic E-state index is 0.284. The SMILES string of the molecule is C[C@H](NC(=O)NCc1cc(CC2CC2)on1)c1cccc(F)c1. The second-order valence-corrected chi connectivity index (χ2v) is 6.04. The van der Waals surface area contributed by atoms with E-state index in [0.717, 1.165) is 18.1 Å². The highest BCUT2D eigenvalue weighted by molar-refractivity contribution is 5.74. The average molecular weight is 317 g/mol. The number of aromatic nitrogens is 1. The van der Waals surface area contributed by atoms with Gasteiger partial charge in [0.05, 0.1) is 12.6 Å².